The van der Waals surface area contributed by atoms with Crippen molar-refractivity contribution in [2.75, 3.05) is 5.32 Å². The van der Waals surface area contributed by atoms with Crippen LogP contribution in [0.4, 0.5) is 5.69 Å². The third-order valence-electron chi connectivity index (χ3n) is 4.50. The highest BCUT2D eigenvalue weighted by atomic mass is 35.5. The Labute approximate surface area is 165 Å². The number of hydrogen-bond donors (Lipinski definition) is 2. The number of rotatable bonds is 2. The van der Waals surface area contributed by atoms with E-state index in [2.05, 4.69) is 10.7 Å². The van der Waals surface area contributed by atoms with E-state index in [1.807, 2.05) is 25.1 Å². The van der Waals surface area contributed by atoms with Crippen LogP contribution in [-0.4, -0.2) is 21.9 Å². The summed E-state index contributed by atoms with van der Waals surface area (Å²) in [6.45, 7) is 1.85. The number of anilines is 1. The van der Waals surface area contributed by atoms with Gasteiger partial charge in [0, 0.05) is 16.1 Å². The molecule has 2 amide bonds. The van der Waals surface area contributed by atoms with Crippen molar-refractivity contribution in [2.45, 2.75) is 6.92 Å². The first-order valence-electron chi connectivity index (χ1n) is 8.20. The molecule has 5 nitrogen and oxygen atoms in total. The van der Waals surface area contributed by atoms with E-state index in [1.54, 1.807) is 36.4 Å². The molecule has 134 valence electrons. The van der Waals surface area contributed by atoms with Crippen molar-refractivity contribution in [3.63, 3.8) is 0 Å². The smallest absolute Gasteiger partial charge is 0.280 e. The van der Waals surface area contributed by atoms with Crippen molar-refractivity contribution < 1.29 is 9.59 Å². The molecule has 0 unspecified atom stereocenters. The summed E-state index contributed by atoms with van der Waals surface area (Å²) in [5, 5.41) is 6.14. The van der Waals surface area contributed by atoms with Gasteiger partial charge in [0.15, 0.2) is 5.11 Å². The molecule has 3 aromatic carbocycles. The minimum atomic E-state index is -0.448. The number of halogens is 1. The maximum absolute atomic E-state index is 12.9. The van der Waals surface area contributed by atoms with E-state index in [0.717, 1.165) is 16.0 Å². The lowest BCUT2D eigenvalue weighted by Gasteiger charge is -2.28. The standard InChI is InChI=1S/C20H14ClN3O2S/c1-11-15(21)9-4-10-16(11)22-20(27)23-24-18(25)13-7-2-5-12-6-3-8-14(17(12)13)19(24)26/h2-10H,1H3,(H2,22,23,27). The van der Waals surface area contributed by atoms with Crippen molar-refractivity contribution in [1.82, 2.24) is 10.4 Å². The Morgan fingerprint density at radius 1 is 0.963 bits per heavy atom. The summed E-state index contributed by atoms with van der Waals surface area (Å²) in [6, 6.07) is 16.1. The zero-order chi connectivity index (χ0) is 19.1. The van der Waals surface area contributed by atoms with Crippen LogP contribution in [0.15, 0.2) is 54.6 Å². The number of carbonyl (C=O) groups excluding carboxylic acids is 2. The highest BCUT2D eigenvalue weighted by Gasteiger charge is 2.33. The largest absolute Gasteiger partial charge is 0.331 e. The molecule has 1 aliphatic heterocycles. The summed E-state index contributed by atoms with van der Waals surface area (Å²) in [6.07, 6.45) is 0. The van der Waals surface area contributed by atoms with E-state index < -0.39 is 11.8 Å². The molecule has 3 aromatic rings. The van der Waals surface area contributed by atoms with Crippen LogP contribution >= 0.6 is 23.8 Å². The van der Waals surface area contributed by atoms with Gasteiger partial charge in [-0.2, -0.15) is 5.01 Å². The lowest BCUT2D eigenvalue weighted by molar-refractivity contribution is 0.0568. The van der Waals surface area contributed by atoms with Crippen LogP contribution in [0.25, 0.3) is 10.8 Å². The Morgan fingerprint density at radius 2 is 1.56 bits per heavy atom. The van der Waals surface area contributed by atoms with Crippen LogP contribution < -0.4 is 10.7 Å². The molecular formula is C20H14ClN3O2S. The number of amides is 2. The molecule has 27 heavy (non-hydrogen) atoms. The number of thiocarbonyl (C=S) groups is 1. The average molecular weight is 396 g/mol. The fraction of sp³-hybridized carbons (Fsp3) is 0.0500. The molecule has 7 heteroatoms. The van der Waals surface area contributed by atoms with Gasteiger partial charge < -0.3 is 5.32 Å². The number of carbonyl (C=O) groups is 2. The van der Waals surface area contributed by atoms with Gasteiger partial charge in [-0.25, -0.2) is 0 Å². The zero-order valence-electron chi connectivity index (χ0n) is 14.2. The van der Waals surface area contributed by atoms with Gasteiger partial charge >= 0.3 is 0 Å². The Kier molecular flexibility index (Phi) is 4.30. The number of imide groups is 1. The topological polar surface area (TPSA) is 61.4 Å². The number of benzene rings is 3. The molecule has 0 atom stereocenters. The Hall–Kier alpha value is -2.96. The van der Waals surface area contributed by atoms with Crippen molar-refractivity contribution in [3.05, 3.63) is 76.3 Å². The molecule has 0 aliphatic carbocycles. The number of hydrazine groups is 1. The van der Waals surface area contributed by atoms with Gasteiger partial charge in [0.25, 0.3) is 11.8 Å². The van der Waals surface area contributed by atoms with Crippen molar-refractivity contribution in [3.8, 4) is 0 Å². The first kappa shape index (κ1) is 17.5. The molecular weight excluding hydrogens is 382 g/mol. The predicted molar refractivity (Wildman–Crippen MR) is 110 cm³/mol. The van der Waals surface area contributed by atoms with Gasteiger partial charge in [0.05, 0.1) is 11.1 Å². The second kappa shape index (κ2) is 6.64. The van der Waals surface area contributed by atoms with Crippen LogP contribution in [0, 0.1) is 6.92 Å². The number of nitrogens with zero attached hydrogens (tertiary/aromatic N) is 1. The van der Waals surface area contributed by atoms with E-state index in [9.17, 15) is 9.59 Å². The molecule has 1 aliphatic rings. The first-order chi connectivity index (χ1) is 13.0. The highest BCUT2D eigenvalue weighted by Crippen LogP contribution is 2.29. The quantitative estimate of drug-likeness (QED) is 0.500. The van der Waals surface area contributed by atoms with E-state index in [1.165, 1.54) is 0 Å². The van der Waals surface area contributed by atoms with E-state index in [-0.39, 0.29) is 5.11 Å². The van der Waals surface area contributed by atoms with Gasteiger partial charge in [0.2, 0.25) is 0 Å². The Bertz CT molecular complexity index is 1080. The minimum absolute atomic E-state index is 0.119. The predicted octanol–water partition coefficient (Wildman–Crippen LogP) is 4.30. The van der Waals surface area contributed by atoms with Gasteiger partial charge in [-0.3, -0.25) is 15.0 Å². The Balaban J connectivity index is 1.64. The van der Waals surface area contributed by atoms with E-state index in [4.69, 9.17) is 23.8 Å². The molecule has 0 radical (unpaired) electrons. The fourth-order valence-electron chi connectivity index (χ4n) is 3.13. The summed E-state index contributed by atoms with van der Waals surface area (Å²) in [5.74, 6) is -0.896. The van der Waals surface area contributed by atoms with E-state index in [0.29, 0.717) is 27.2 Å². The molecule has 0 fully saturated rings. The average Bonchev–Trinajstić information content (AvgIpc) is 2.67. The van der Waals surface area contributed by atoms with Crippen LogP contribution in [0.5, 0.6) is 0 Å². The van der Waals surface area contributed by atoms with Crippen molar-refractivity contribution in [1.29, 1.82) is 0 Å². The van der Waals surface area contributed by atoms with Gasteiger partial charge in [-0.1, -0.05) is 41.9 Å². The van der Waals surface area contributed by atoms with Crippen LogP contribution in [0.2, 0.25) is 5.02 Å². The van der Waals surface area contributed by atoms with Gasteiger partial charge in [-0.05, 0) is 54.4 Å². The molecule has 2 N–H and O–H groups in total. The van der Waals surface area contributed by atoms with E-state index >= 15 is 0 Å². The summed E-state index contributed by atoms with van der Waals surface area (Å²) >= 11 is 11.4. The summed E-state index contributed by atoms with van der Waals surface area (Å²) in [4.78, 5) is 25.7. The molecule has 0 aromatic heterocycles. The van der Waals surface area contributed by atoms with Crippen molar-refractivity contribution in [2.24, 2.45) is 0 Å². The SMILES string of the molecule is Cc1c(Cl)cccc1NC(=S)NN1C(=O)c2cccc3cccc(c23)C1=O. The summed E-state index contributed by atoms with van der Waals surface area (Å²) in [7, 11) is 0. The summed E-state index contributed by atoms with van der Waals surface area (Å²) < 4.78 is 0. The number of hydrogen-bond acceptors (Lipinski definition) is 3. The lowest BCUT2D eigenvalue weighted by atomic mass is 9.95. The molecule has 0 bridgehead atoms. The van der Waals surface area contributed by atoms with Crippen LogP contribution in [0.1, 0.15) is 26.3 Å². The minimum Gasteiger partial charge on any atom is -0.331 e. The first-order valence-corrected chi connectivity index (χ1v) is 8.99. The monoisotopic (exact) mass is 395 g/mol. The lowest BCUT2D eigenvalue weighted by Crippen LogP contribution is -2.52. The van der Waals surface area contributed by atoms with Gasteiger partial charge in [0.1, 0.15) is 0 Å². The maximum atomic E-state index is 12.9. The number of nitrogens with one attached hydrogen (secondary N) is 2. The van der Waals surface area contributed by atoms with Crippen LogP contribution in [0.3, 0.4) is 0 Å². The maximum Gasteiger partial charge on any atom is 0.280 e. The normalized spacial score (nSPS) is 13.0. The molecule has 4 rings (SSSR count). The second-order valence-electron chi connectivity index (χ2n) is 6.13. The van der Waals surface area contributed by atoms with Crippen LogP contribution in [-0.2, 0) is 0 Å². The molecule has 1 heterocycles. The van der Waals surface area contributed by atoms with Gasteiger partial charge in [-0.15, -0.1) is 0 Å². The fourth-order valence-corrected chi connectivity index (χ4v) is 3.50. The zero-order valence-corrected chi connectivity index (χ0v) is 15.8. The highest BCUT2D eigenvalue weighted by molar-refractivity contribution is 7.80. The third-order valence-corrected chi connectivity index (χ3v) is 5.10. The molecule has 0 spiro atoms. The second-order valence-corrected chi connectivity index (χ2v) is 6.95. The molecule has 0 saturated carbocycles. The third kappa shape index (κ3) is 2.93. The molecule has 0 saturated heterocycles. The summed E-state index contributed by atoms with van der Waals surface area (Å²) in [5.41, 5.74) is 5.13. The van der Waals surface area contributed by atoms with Crippen molar-refractivity contribution >= 4 is 57.2 Å². The Morgan fingerprint density at radius 3 is 2.19 bits per heavy atom.